The second kappa shape index (κ2) is 4.87. The Bertz CT molecular complexity index is 263. The standard InChI is InChI=1S/C14H25NO2/c1-16-9-7-15-10-14(12-4-5-12)6-8-17-13(14)11-2-3-11/h11-13,15H,2-10H2,1H3. The van der Waals surface area contributed by atoms with Gasteiger partial charge in [0.2, 0.25) is 0 Å². The van der Waals surface area contributed by atoms with Crippen LogP contribution in [0.25, 0.3) is 0 Å². The first kappa shape index (κ1) is 11.9. The summed E-state index contributed by atoms with van der Waals surface area (Å²) < 4.78 is 11.2. The molecule has 0 radical (unpaired) electrons. The van der Waals surface area contributed by atoms with Gasteiger partial charge in [-0.1, -0.05) is 0 Å². The molecule has 17 heavy (non-hydrogen) atoms. The molecule has 0 aromatic heterocycles. The van der Waals surface area contributed by atoms with Crippen LogP contribution in [0.15, 0.2) is 0 Å². The molecule has 1 N–H and O–H groups in total. The van der Waals surface area contributed by atoms with Gasteiger partial charge in [0.1, 0.15) is 0 Å². The van der Waals surface area contributed by atoms with Crippen LogP contribution in [0, 0.1) is 17.3 Å². The van der Waals surface area contributed by atoms with E-state index in [1.807, 2.05) is 0 Å². The highest BCUT2D eigenvalue weighted by Crippen LogP contribution is 2.58. The molecule has 1 heterocycles. The summed E-state index contributed by atoms with van der Waals surface area (Å²) in [4.78, 5) is 0. The molecule has 0 aromatic carbocycles. The van der Waals surface area contributed by atoms with Crippen LogP contribution in [0.4, 0.5) is 0 Å². The van der Waals surface area contributed by atoms with Crippen molar-refractivity contribution in [3.8, 4) is 0 Å². The van der Waals surface area contributed by atoms with Gasteiger partial charge >= 0.3 is 0 Å². The summed E-state index contributed by atoms with van der Waals surface area (Å²) >= 11 is 0. The predicted octanol–water partition coefficient (Wildman–Crippen LogP) is 1.82. The maximum Gasteiger partial charge on any atom is 0.0675 e. The molecule has 3 heteroatoms. The van der Waals surface area contributed by atoms with Gasteiger partial charge in [-0.15, -0.1) is 0 Å². The van der Waals surface area contributed by atoms with E-state index in [2.05, 4.69) is 5.32 Å². The van der Waals surface area contributed by atoms with Crippen molar-refractivity contribution in [2.75, 3.05) is 33.4 Å². The number of hydrogen-bond donors (Lipinski definition) is 1. The Morgan fingerprint density at radius 1 is 1.29 bits per heavy atom. The van der Waals surface area contributed by atoms with Crippen molar-refractivity contribution in [2.24, 2.45) is 17.3 Å². The van der Waals surface area contributed by atoms with Gasteiger partial charge in [0.05, 0.1) is 12.7 Å². The first-order valence-electron chi connectivity index (χ1n) is 7.18. The molecule has 98 valence electrons. The van der Waals surface area contributed by atoms with Crippen molar-refractivity contribution in [3.63, 3.8) is 0 Å². The molecule has 2 aliphatic carbocycles. The molecule has 1 aliphatic heterocycles. The largest absolute Gasteiger partial charge is 0.383 e. The number of ether oxygens (including phenoxy) is 2. The van der Waals surface area contributed by atoms with Gasteiger partial charge in [-0.3, -0.25) is 0 Å². The van der Waals surface area contributed by atoms with Crippen molar-refractivity contribution in [2.45, 2.75) is 38.2 Å². The first-order valence-corrected chi connectivity index (χ1v) is 7.18. The molecular formula is C14H25NO2. The van der Waals surface area contributed by atoms with Crippen LogP contribution in [0.3, 0.4) is 0 Å². The Hall–Kier alpha value is -0.120. The highest BCUT2D eigenvalue weighted by molar-refractivity contribution is 5.07. The summed E-state index contributed by atoms with van der Waals surface area (Å²) in [5.74, 6) is 1.81. The van der Waals surface area contributed by atoms with Crippen LogP contribution in [-0.4, -0.2) is 39.5 Å². The fourth-order valence-corrected chi connectivity index (χ4v) is 3.61. The van der Waals surface area contributed by atoms with Crippen molar-refractivity contribution in [3.05, 3.63) is 0 Å². The van der Waals surface area contributed by atoms with Gasteiger partial charge in [0.25, 0.3) is 0 Å². The third-order valence-electron chi connectivity index (χ3n) is 4.81. The van der Waals surface area contributed by atoms with E-state index < -0.39 is 0 Å². The SMILES string of the molecule is COCCNCC1(C2CC2)CCOC1C1CC1. The second-order valence-electron chi connectivity index (χ2n) is 6.06. The summed E-state index contributed by atoms with van der Waals surface area (Å²) in [7, 11) is 1.77. The normalized spacial score (nSPS) is 37.6. The van der Waals surface area contributed by atoms with Crippen LogP contribution < -0.4 is 5.32 Å². The van der Waals surface area contributed by atoms with Gasteiger partial charge in [-0.25, -0.2) is 0 Å². The molecule has 3 rings (SSSR count). The van der Waals surface area contributed by atoms with E-state index in [0.29, 0.717) is 11.5 Å². The van der Waals surface area contributed by atoms with E-state index in [4.69, 9.17) is 9.47 Å². The molecule has 3 fully saturated rings. The maximum atomic E-state index is 6.08. The molecule has 0 bridgehead atoms. The molecule has 3 aliphatic rings. The van der Waals surface area contributed by atoms with Crippen molar-refractivity contribution >= 4 is 0 Å². The van der Waals surface area contributed by atoms with Gasteiger partial charge in [0.15, 0.2) is 0 Å². The lowest BCUT2D eigenvalue weighted by Crippen LogP contribution is -2.44. The van der Waals surface area contributed by atoms with Gasteiger partial charge in [-0.2, -0.15) is 0 Å². The zero-order valence-corrected chi connectivity index (χ0v) is 10.9. The van der Waals surface area contributed by atoms with E-state index in [-0.39, 0.29) is 0 Å². The Balaban J connectivity index is 1.60. The zero-order chi connectivity index (χ0) is 11.7. The summed E-state index contributed by atoms with van der Waals surface area (Å²) in [6.07, 6.45) is 7.50. The lowest BCUT2D eigenvalue weighted by atomic mass is 9.74. The van der Waals surface area contributed by atoms with Crippen molar-refractivity contribution in [1.29, 1.82) is 0 Å². The molecule has 2 atom stereocenters. The Morgan fingerprint density at radius 3 is 2.76 bits per heavy atom. The molecule has 0 spiro atoms. The molecule has 3 nitrogen and oxygen atoms in total. The number of methoxy groups -OCH3 is 1. The lowest BCUT2D eigenvalue weighted by molar-refractivity contribution is 0.0191. The average molecular weight is 239 g/mol. The van der Waals surface area contributed by atoms with Crippen LogP contribution in [0.5, 0.6) is 0 Å². The Labute approximate surface area is 104 Å². The summed E-state index contributed by atoms with van der Waals surface area (Å²) in [5.41, 5.74) is 0.467. The third-order valence-corrected chi connectivity index (χ3v) is 4.81. The average Bonchev–Trinajstić information content (AvgIpc) is 3.23. The number of rotatable bonds is 7. The van der Waals surface area contributed by atoms with Crippen LogP contribution >= 0.6 is 0 Å². The topological polar surface area (TPSA) is 30.5 Å². The molecule has 0 aromatic rings. The number of nitrogens with one attached hydrogen (secondary N) is 1. The van der Waals surface area contributed by atoms with E-state index in [9.17, 15) is 0 Å². The van der Waals surface area contributed by atoms with Crippen LogP contribution in [-0.2, 0) is 9.47 Å². The van der Waals surface area contributed by atoms with Crippen molar-refractivity contribution < 1.29 is 9.47 Å². The Morgan fingerprint density at radius 2 is 2.12 bits per heavy atom. The van der Waals surface area contributed by atoms with E-state index >= 15 is 0 Å². The lowest BCUT2D eigenvalue weighted by Gasteiger charge is -2.35. The molecule has 1 saturated heterocycles. The summed E-state index contributed by atoms with van der Waals surface area (Å²) in [6.45, 7) is 3.92. The van der Waals surface area contributed by atoms with Crippen LogP contribution in [0.1, 0.15) is 32.1 Å². The fourth-order valence-electron chi connectivity index (χ4n) is 3.61. The maximum absolute atomic E-state index is 6.08. The Kier molecular flexibility index (Phi) is 3.42. The first-order chi connectivity index (χ1) is 8.37. The highest BCUT2D eigenvalue weighted by Gasteiger charge is 2.57. The van der Waals surface area contributed by atoms with Crippen molar-refractivity contribution in [1.82, 2.24) is 5.32 Å². The molecule has 2 unspecified atom stereocenters. The van der Waals surface area contributed by atoms with E-state index in [0.717, 1.165) is 38.1 Å². The second-order valence-corrected chi connectivity index (χ2v) is 6.06. The van der Waals surface area contributed by atoms with Gasteiger partial charge in [-0.05, 0) is 43.9 Å². The summed E-state index contributed by atoms with van der Waals surface area (Å²) in [5, 5.41) is 3.60. The molecule has 2 saturated carbocycles. The monoisotopic (exact) mass is 239 g/mol. The van der Waals surface area contributed by atoms with E-state index in [1.165, 1.54) is 32.1 Å². The van der Waals surface area contributed by atoms with Gasteiger partial charge < -0.3 is 14.8 Å². The minimum atomic E-state index is 0.467. The minimum absolute atomic E-state index is 0.467. The minimum Gasteiger partial charge on any atom is -0.383 e. The van der Waals surface area contributed by atoms with Gasteiger partial charge in [0, 0.05) is 32.2 Å². The smallest absolute Gasteiger partial charge is 0.0675 e. The predicted molar refractivity (Wildman–Crippen MR) is 67.0 cm³/mol. The number of hydrogen-bond acceptors (Lipinski definition) is 3. The summed E-state index contributed by atoms with van der Waals surface area (Å²) in [6, 6.07) is 0. The van der Waals surface area contributed by atoms with E-state index in [1.54, 1.807) is 7.11 Å². The third kappa shape index (κ3) is 2.38. The molecule has 0 amide bonds. The highest BCUT2D eigenvalue weighted by atomic mass is 16.5. The fraction of sp³-hybridized carbons (Fsp3) is 1.00. The zero-order valence-electron chi connectivity index (χ0n) is 10.9. The molecular weight excluding hydrogens is 214 g/mol. The quantitative estimate of drug-likeness (QED) is 0.687. The van der Waals surface area contributed by atoms with Crippen LogP contribution in [0.2, 0.25) is 0 Å².